The Morgan fingerprint density at radius 3 is 2.22 bits per heavy atom. The third-order valence-electron chi connectivity index (χ3n) is 5.11. The number of benzene rings is 3. The molecule has 6 heteroatoms. The van der Waals surface area contributed by atoms with E-state index in [1.165, 1.54) is 4.90 Å². The minimum atomic E-state index is -0.684. The molecule has 6 nitrogen and oxygen atoms in total. The third kappa shape index (κ3) is 6.35. The van der Waals surface area contributed by atoms with Crippen molar-refractivity contribution in [2.75, 3.05) is 13.7 Å². The van der Waals surface area contributed by atoms with Crippen molar-refractivity contribution in [3.8, 4) is 11.5 Å². The van der Waals surface area contributed by atoms with E-state index < -0.39 is 6.04 Å². The van der Waals surface area contributed by atoms with Crippen molar-refractivity contribution in [3.05, 3.63) is 96.1 Å². The maximum absolute atomic E-state index is 13.0. The van der Waals surface area contributed by atoms with Gasteiger partial charge in [0.1, 0.15) is 17.5 Å². The molecule has 2 amide bonds. The zero-order chi connectivity index (χ0) is 22.8. The summed E-state index contributed by atoms with van der Waals surface area (Å²) in [7, 11) is 1.59. The molecule has 0 spiro atoms. The molecule has 0 aliphatic carbocycles. The van der Waals surface area contributed by atoms with Gasteiger partial charge in [-0.3, -0.25) is 9.59 Å². The van der Waals surface area contributed by atoms with Crippen LogP contribution >= 0.6 is 0 Å². The predicted molar refractivity (Wildman–Crippen MR) is 123 cm³/mol. The van der Waals surface area contributed by atoms with Crippen LogP contribution in [0.15, 0.2) is 84.9 Å². The molecule has 0 heterocycles. The van der Waals surface area contributed by atoms with Crippen LogP contribution in [0, 0.1) is 0 Å². The van der Waals surface area contributed by atoms with E-state index in [0.29, 0.717) is 24.6 Å². The van der Waals surface area contributed by atoms with Crippen LogP contribution < -0.4 is 14.8 Å². The topological polar surface area (TPSA) is 67.9 Å². The monoisotopic (exact) mass is 432 g/mol. The van der Waals surface area contributed by atoms with E-state index in [1.54, 1.807) is 26.2 Å². The summed E-state index contributed by atoms with van der Waals surface area (Å²) in [6.45, 7) is 2.18. The highest BCUT2D eigenvalue weighted by atomic mass is 16.5. The highest BCUT2D eigenvalue weighted by Crippen LogP contribution is 2.17. The van der Waals surface area contributed by atoms with E-state index in [-0.39, 0.29) is 18.4 Å². The van der Waals surface area contributed by atoms with Crippen LogP contribution in [0.5, 0.6) is 11.5 Å². The van der Waals surface area contributed by atoms with Crippen LogP contribution in [0.4, 0.5) is 0 Å². The summed E-state index contributed by atoms with van der Waals surface area (Å²) in [6.07, 6.45) is 0. The molecule has 0 saturated heterocycles. The molecule has 0 fully saturated rings. The van der Waals surface area contributed by atoms with Gasteiger partial charge in [-0.15, -0.1) is 0 Å². The number of hydrogen-bond donors (Lipinski definition) is 1. The molecule has 0 bridgehead atoms. The summed E-state index contributed by atoms with van der Waals surface area (Å²) in [5, 5.41) is 2.91. The predicted octanol–water partition coefficient (Wildman–Crippen LogP) is 3.81. The number of carbonyl (C=O) groups excluding carboxylic acids is 2. The number of para-hydroxylation sites is 2. The molecule has 0 aliphatic heterocycles. The SMILES string of the molecule is COc1ccccc1CNC(=O)[C@@H](C)N(Cc1ccccc1)C(=O)COc1ccccc1. The van der Waals surface area contributed by atoms with Gasteiger partial charge in [0.25, 0.3) is 5.91 Å². The van der Waals surface area contributed by atoms with Gasteiger partial charge >= 0.3 is 0 Å². The van der Waals surface area contributed by atoms with Crippen LogP contribution in [0.3, 0.4) is 0 Å². The largest absolute Gasteiger partial charge is 0.496 e. The molecule has 0 saturated carbocycles. The number of nitrogens with one attached hydrogen (secondary N) is 1. The summed E-state index contributed by atoms with van der Waals surface area (Å²) < 4.78 is 11.0. The number of ether oxygens (including phenoxy) is 2. The number of amides is 2. The highest BCUT2D eigenvalue weighted by Gasteiger charge is 2.26. The first kappa shape index (κ1) is 22.9. The standard InChI is InChI=1S/C26H28N2O4/c1-20(26(30)27-17-22-13-9-10-16-24(22)31-2)28(18-21-11-5-3-6-12-21)25(29)19-32-23-14-7-4-8-15-23/h3-16,20H,17-19H2,1-2H3,(H,27,30)/t20-/m1/s1. The molecule has 3 rings (SSSR count). The first-order valence-corrected chi connectivity index (χ1v) is 10.5. The van der Waals surface area contributed by atoms with E-state index in [4.69, 9.17) is 9.47 Å². The van der Waals surface area contributed by atoms with Crippen molar-refractivity contribution in [2.45, 2.75) is 26.1 Å². The van der Waals surface area contributed by atoms with Gasteiger partial charge in [-0.25, -0.2) is 0 Å². The van der Waals surface area contributed by atoms with Gasteiger partial charge in [-0.2, -0.15) is 0 Å². The molecule has 0 radical (unpaired) electrons. The Kier molecular flexibility index (Phi) is 8.26. The van der Waals surface area contributed by atoms with Crippen LogP contribution in [0.1, 0.15) is 18.1 Å². The van der Waals surface area contributed by atoms with Crippen molar-refractivity contribution in [1.29, 1.82) is 0 Å². The van der Waals surface area contributed by atoms with Crippen molar-refractivity contribution >= 4 is 11.8 Å². The number of nitrogens with zero attached hydrogens (tertiary/aromatic N) is 1. The van der Waals surface area contributed by atoms with Crippen molar-refractivity contribution in [1.82, 2.24) is 10.2 Å². The van der Waals surface area contributed by atoms with Gasteiger partial charge in [-0.1, -0.05) is 66.7 Å². The minimum absolute atomic E-state index is 0.152. The molecule has 1 N–H and O–H groups in total. The van der Waals surface area contributed by atoms with Gasteiger partial charge in [-0.05, 0) is 30.7 Å². The fourth-order valence-corrected chi connectivity index (χ4v) is 3.29. The average Bonchev–Trinajstić information content (AvgIpc) is 2.85. The summed E-state index contributed by atoms with van der Waals surface area (Å²) in [5.41, 5.74) is 1.80. The maximum atomic E-state index is 13.0. The highest BCUT2D eigenvalue weighted by molar-refractivity contribution is 5.88. The second-order valence-electron chi connectivity index (χ2n) is 7.31. The number of methoxy groups -OCH3 is 1. The Morgan fingerprint density at radius 1 is 0.906 bits per heavy atom. The summed E-state index contributed by atoms with van der Waals surface area (Å²) in [6, 6.07) is 25.5. The average molecular weight is 433 g/mol. The molecule has 3 aromatic rings. The number of carbonyl (C=O) groups is 2. The van der Waals surface area contributed by atoms with Crippen molar-refractivity contribution in [2.24, 2.45) is 0 Å². The lowest BCUT2D eigenvalue weighted by atomic mass is 10.1. The Bertz CT molecular complexity index is 1010. The van der Waals surface area contributed by atoms with E-state index in [0.717, 1.165) is 11.1 Å². The second kappa shape index (κ2) is 11.6. The zero-order valence-electron chi connectivity index (χ0n) is 18.4. The van der Waals surface area contributed by atoms with Gasteiger partial charge in [0.05, 0.1) is 7.11 Å². The lowest BCUT2D eigenvalue weighted by molar-refractivity contribution is -0.142. The number of rotatable bonds is 10. The molecular weight excluding hydrogens is 404 g/mol. The Morgan fingerprint density at radius 2 is 1.53 bits per heavy atom. The molecule has 166 valence electrons. The minimum Gasteiger partial charge on any atom is -0.496 e. The maximum Gasteiger partial charge on any atom is 0.261 e. The summed E-state index contributed by atoms with van der Waals surface area (Å²) in [5.74, 6) is 0.792. The molecule has 0 unspecified atom stereocenters. The number of hydrogen-bond acceptors (Lipinski definition) is 4. The second-order valence-corrected chi connectivity index (χ2v) is 7.31. The van der Waals surface area contributed by atoms with Gasteiger partial charge in [0, 0.05) is 18.7 Å². The molecule has 3 aromatic carbocycles. The first-order valence-electron chi connectivity index (χ1n) is 10.5. The van der Waals surface area contributed by atoms with E-state index in [9.17, 15) is 9.59 Å². The fourth-order valence-electron chi connectivity index (χ4n) is 3.29. The Balaban J connectivity index is 1.69. The summed E-state index contributed by atoms with van der Waals surface area (Å²) >= 11 is 0. The van der Waals surface area contributed by atoms with Crippen LogP contribution in [0.2, 0.25) is 0 Å². The van der Waals surface area contributed by atoms with E-state index in [1.807, 2.05) is 72.8 Å². The van der Waals surface area contributed by atoms with Gasteiger partial charge < -0.3 is 19.7 Å². The Hall–Kier alpha value is -3.80. The van der Waals surface area contributed by atoms with Crippen LogP contribution in [-0.4, -0.2) is 36.5 Å². The Labute approximate surface area is 188 Å². The van der Waals surface area contributed by atoms with E-state index >= 15 is 0 Å². The zero-order valence-corrected chi connectivity index (χ0v) is 18.4. The summed E-state index contributed by atoms with van der Waals surface area (Å²) in [4.78, 5) is 27.5. The van der Waals surface area contributed by atoms with Gasteiger partial charge in [0.2, 0.25) is 5.91 Å². The lowest BCUT2D eigenvalue weighted by Crippen LogP contribution is -2.48. The van der Waals surface area contributed by atoms with Crippen molar-refractivity contribution < 1.29 is 19.1 Å². The molecule has 0 aliphatic rings. The van der Waals surface area contributed by atoms with Crippen molar-refractivity contribution in [3.63, 3.8) is 0 Å². The quantitative estimate of drug-likeness (QED) is 0.529. The molecule has 32 heavy (non-hydrogen) atoms. The molecular formula is C26H28N2O4. The van der Waals surface area contributed by atoms with Gasteiger partial charge in [0.15, 0.2) is 6.61 Å². The smallest absolute Gasteiger partial charge is 0.261 e. The molecule has 1 atom stereocenters. The fraction of sp³-hybridized carbons (Fsp3) is 0.231. The van der Waals surface area contributed by atoms with Crippen LogP contribution in [-0.2, 0) is 22.7 Å². The normalized spacial score (nSPS) is 11.3. The lowest BCUT2D eigenvalue weighted by Gasteiger charge is -2.29. The van der Waals surface area contributed by atoms with E-state index in [2.05, 4.69) is 5.32 Å². The first-order chi connectivity index (χ1) is 15.6. The molecule has 0 aromatic heterocycles. The van der Waals surface area contributed by atoms with Crippen LogP contribution in [0.25, 0.3) is 0 Å². The third-order valence-corrected chi connectivity index (χ3v) is 5.11.